The Morgan fingerprint density at radius 3 is 2.67 bits per heavy atom. The monoisotopic (exact) mass is 361 g/mol. The van der Waals surface area contributed by atoms with Crippen molar-refractivity contribution >= 4 is 12.0 Å². The van der Waals surface area contributed by atoms with Crippen LogP contribution in [-0.4, -0.2) is 22.2 Å². The molecule has 0 bridgehead atoms. The largest absolute Gasteiger partial charge is 0.382 e. The number of hydrogen-bond donors (Lipinski definition) is 1. The highest BCUT2D eigenvalue weighted by molar-refractivity contribution is 5.81. The molecular weight excluding hydrogens is 341 g/mol. The van der Waals surface area contributed by atoms with E-state index in [4.69, 9.17) is 11.0 Å². The minimum absolute atomic E-state index is 0.254. The molecule has 1 aromatic heterocycles. The number of nitrogens with two attached hydrogens (primary N) is 1. The summed E-state index contributed by atoms with van der Waals surface area (Å²) in [6.07, 6.45) is 11.0. The van der Waals surface area contributed by atoms with E-state index in [1.807, 2.05) is 12.1 Å². The first-order valence-electron chi connectivity index (χ1n) is 9.16. The lowest BCUT2D eigenvalue weighted by molar-refractivity contribution is 0.415. The molecule has 1 saturated carbocycles. The van der Waals surface area contributed by atoms with Crippen molar-refractivity contribution in [1.82, 2.24) is 9.97 Å². The number of rotatable bonds is 4. The van der Waals surface area contributed by atoms with E-state index in [1.54, 1.807) is 12.3 Å². The molecule has 2 aromatic rings. The molecule has 2 heterocycles. The molecule has 4 rings (SSSR count). The average Bonchev–Trinajstić information content (AvgIpc) is 2.65. The number of nitrogen functional groups attached to an aromatic ring is 1. The Hall–Kier alpha value is -3.07. The molecule has 5 nitrogen and oxygen atoms in total. The van der Waals surface area contributed by atoms with Crippen LogP contribution in [-0.2, 0) is 6.42 Å². The van der Waals surface area contributed by atoms with Gasteiger partial charge in [0.1, 0.15) is 17.7 Å². The Kier molecular flexibility index (Phi) is 4.68. The Balaban J connectivity index is 1.72. The lowest BCUT2D eigenvalue weighted by Crippen LogP contribution is -2.15. The number of hydrogen-bond acceptors (Lipinski definition) is 5. The van der Waals surface area contributed by atoms with Crippen LogP contribution in [0.25, 0.3) is 11.3 Å². The Morgan fingerprint density at radius 2 is 2.07 bits per heavy atom. The van der Waals surface area contributed by atoms with E-state index < -0.39 is 0 Å². The zero-order valence-electron chi connectivity index (χ0n) is 14.9. The van der Waals surface area contributed by atoms with Gasteiger partial charge in [0.15, 0.2) is 0 Å². The van der Waals surface area contributed by atoms with Crippen LogP contribution in [0.1, 0.15) is 42.7 Å². The number of allylic oxidation sites excluding steroid dienone is 1. The molecule has 1 aliphatic carbocycles. The summed E-state index contributed by atoms with van der Waals surface area (Å²) >= 11 is 0. The van der Waals surface area contributed by atoms with E-state index >= 15 is 4.39 Å². The van der Waals surface area contributed by atoms with E-state index in [0.29, 0.717) is 41.4 Å². The lowest BCUT2D eigenvalue weighted by Gasteiger charge is -2.29. The van der Waals surface area contributed by atoms with Gasteiger partial charge in [0.05, 0.1) is 24.2 Å². The smallest absolute Gasteiger partial charge is 0.141 e. The number of nitrogens with zero attached hydrogens (tertiary/aromatic N) is 4. The molecule has 1 aliphatic heterocycles. The first-order valence-corrected chi connectivity index (χ1v) is 9.16. The molecule has 0 spiro atoms. The molecule has 0 radical (unpaired) electrons. The minimum Gasteiger partial charge on any atom is -0.382 e. The number of aliphatic imine (C=N–C) groups is 1. The molecule has 27 heavy (non-hydrogen) atoms. The van der Waals surface area contributed by atoms with Crippen LogP contribution in [0.5, 0.6) is 0 Å². The Morgan fingerprint density at radius 1 is 1.22 bits per heavy atom. The van der Waals surface area contributed by atoms with Crippen LogP contribution in [0.3, 0.4) is 0 Å². The Bertz CT molecular complexity index is 952. The van der Waals surface area contributed by atoms with Gasteiger partial charge in [0.25, 0.3) is 0 Å². The second-order valence-electron chi connectivity index (χ2n) is 7.06. The quantitative estimate of drug-likeness (QED) is 0.892. The summed E-state index contributed by atoms with van der Waals surface area (Å²) in [5.41, 5.74) is 9.22. The van der Waals surface area contributed by atoms with E-state index in [-0.39, 0.29) is 11.9 Å². The third kappa shape index (κ3) is 3.45. The van der Waals surface area contributed by atoms with E-state index in [0.717, 1.165) is 24.0 Å². The van der Waals surface area contributed by atoms with Crippen molar-refractivity contribution in [1.29, 1.82) is 5.26 Å². The topological polar surface area (TPSA) is 88.0 Å². The first-order chi connectivity index (χ1) is 13.2. The van der Waals surface area contributed by atoms with Gasteiger partial charge in [-0.1, -0.05) is 18.6 Å². The third-order valence-corrected chi connectivity index (χ3v) is 5.33. The molecule has 1 atom stereocenters. The first kappa shape index (κ1) is 17.3. The summed E-state index contributed by atoms with van der Waals surface area (Å²) in [5.74, 6) is 0.463. The van der Waals surface area contributed by atoms with Crippen molar-refractivity contribution in [2.75, 3.05) is 5.73 Å². The van der Waals surface area contributed by atoms with Crippen LogP contribution in [0.15, 0.2) is 41.2 Å². The van der Waals surface area contributed by atoms with Gasteiger partial charge in [-0.05, 0) is 41.5 Å². The summed E-state index contributed by atoms with van der Waals surface area (Å²) < 4.78 is 15.5. The van der Waals surface area contributed by atoms with E-state index in [1.165, 1.54) is 18.8 Å². The molecule has 2 aliphatic rings. The second-order valence-corrected chi connectivity index (χ2v) is 7.06. The van der Waals surface area contributed by atoms with E-state index in [2.05, 4.69) is 21.0 Å². The van der Waals surface area contributed by atoms with Gasteiger partial charge >= 0.3 is 0 Å². The molecule has 2 N–H and O–H groups in total. The maximum Gasteiger partial charge on any atom is 0.141 e. The van der Waals surface area contributed by atoms with Gasteiger partial charge < -0.3 is 5.73 Å². The Labute approximate surface area is 157 Å². The summed E-state index contributed by atoms with van der Waals surface area (Å²) in [7, 11) is 0. The maximum absolute atomic E-state index is 15.5. The molecule has 1 fully saturated rings. The SMILES string of the molecule is N#CC1CC=C(Cc2c(C3CCC3)ccc(-c3cnc(N)cn3)c2F)C=N1. The summed E-state index contributed by atoms with van der Waals surface area (Å²) in [5, 5.41) is 8.97. The van der Waals surface area contributed by atoms with Crippen molar-refractivity contribution in [3.8, 4) is 17.3 Å². The van der Waals surface area contributed by atoms with Crippen molar-refractivity contribution in [2.45, 2.75) is 44.1 Å². The predicted molar refractivity (Wildman–Crippen MR) is 103 cm³/mol. The molecule has 0 saturated heterocycles. The number of anilines is 1. The third-order valence-electron chi connectivity index (χ3n) is 5.33. The highest BCUT2D eigenvalue weighted by atomic mass is 19.1. The molecule has 136 valence electrons. The average molecular weight is 361 g/mol. The van der Waals surface area contributed by atoms with Crippen LogP contribution >= 0.6 is 0 Å². The number of halogens is 1. The van der Waals surface area contributed by atoms with Gasteiger partial charge in [-0.15, -0.1) is 0 Å². The fourth-order valence-corrected chi connectivity index (χ4v) is 3.56. The zero-order valence-corrected chi connectivity index (χ0v) is 14.9. The van der Waals surface area contributed by atoms with Gasteiger partial charge in [-0.2, -0.15) is 5.26 Å². The van der Waals surface area contributed by atoms with Gasteiger partial charge in [-0.3, -0.25) is 9.98 Å². The second kappa shape index (κ2) is 7.28. The van der Waals surface area contributed by atoms with Gasteiger partial charge in [0.2, 0.25) is 0 Å². The predicted octanol–water partition coefficient (Wildman–Crippen LogP) is 3.97. The highest BCUT2D eigenvalue weighted by Crippen LogP contribution is 2.41. The molecule has 1 unspecified atom stereocenters. The molecule has 6 heteroatoms. The van der Waals surface area contributed by atoms with E-state index in [9.17, 15) is 0 Å². The number of benzene rings is 1. The minimum atomic E-state index is -0.332. The summed E-state index contributed by atoms with van der Waals surface area (Å²) in [6, 6.07) is 5.62. The van der Waals surface area contributed by atoms with Crippen LogP contribution < -0.4 is 5.73 Å². The van der Waals surface area contributed by atoms with Crippen molar-refractivity contribution < 1.29 is 4.39 Å². The number of nitriles is 1. The van der Waals surface area contributed by atoms with Gasteiger partial charge in [-0.25, -0.2) is 9.37 Å². The number of dihydropyridines is 1. The fourth-order valence-electron chi connectivity index (χ4n) is 3.56. The van der Waals surface area contributed by atoms with Crippen molar-refractivity contribution in [3.63, 3.8) is 0 Å². The molecule has 0 amide bonds. The molecular formula is C21H20FN5. The standard InChI is InChI=1S/C21H20FN5/c22-21-17(19-11-27-20(24)12-26-19)7-6-16(14-2-1-3-14)18(21)8-13-4-5-15(9-23)25-10-13/h4,6-7,10-12,14-15H,1-3,5,8H2,(H2,24,27). The van der Waals surface area contributed by atoms with Crippen LogP contribution in [0.4, 0.5) is 10.2 Å². The normalized spacial score (nSPS) is 19.3. The highest BCUT2D eigenvalue weighted by Gasteiger charge is 2.26. The van der Waals surface area contributed by atoms with Gasteiger partial charge in [0, 0.05) is 24.6 Å². The van der Waals surface area contributed by atoms with Crippen LogP contribution in [0, 0.1) is 17.1 Å². The van der Waals surface area contributed by atoms with Crippen LogP contribution in [0.2, 0.25) is 0 Å². The maximum atomic E-state index is 15.5. The molecule has 1 aromatic carbocycles. The zero-order chi connectivity index (χ0) is 18.8. The summed E-state index contributed by atoms with van der Waals surface area (Å²) in [4.78, 5) is 12.5. The van der Waals surface area contributed by atoms with Crippen molar-refractivity contribution in [2.24, 2.45) is 4.99 Å². The number of aromatic nitrogens is 2. The fraction of sp³-hybridized carbons (Fsp3) is 0.333. The van der Waals surface area contributed by atoms with Crippen molar-refractivity contribution in [3.05, 3.63) is 53.1 Å². The lowest BCUT2D eigenvalue weighted by atomic mass is 9.76. The summed E-state index contributed by atoms with van der Waals surface area (Å²) in [6.45, 7) is 0.